The summed E-state index contributed by atoms with van der Waals surface area (Å²) in [4.78, 5) is 11.8. The van der Waals surface area contributed by atoms with Crippen molar-refractivity contribution >= 4 is 37.5 Å². The van der Waals surface area contributed by atoms with E-state index < -0.39 is 10.0 Å². The maximum absolute atomic E-state index is 12.0. The fraction of sp³-hybridized carbons (Fsp3) is 0.533. The Labute approximate surface area is 141 Å². The second-order valence-electron chi connectivity index (χ2n) is 5.24. The number of nitrogens with one attached hydrogen (secondary N) is 1. The molecule has 1 N–H and O–H groups in total. The number of hydrogen-bond donors (Lipinski definition) is 1. The molecule has 1 aromatic rings. The quantitative estimate of drug-likeness (QED) is 0.693. The van der Waals surface area contributed by atoms with Crippen LogP contribution >= 0.6 is 15.9 Å². The Morgan fingerprint density at radius 2 is 2.05 bits per heavy atom. The molecule has 0 saturated carbocycles. The summed E-state index contributed by atoms with van der Waals surface area (Å²) in [5.41, 5.74) is 1.58. The molecular weight excluding hydrogens is 368 g/mol. The van der Waals surface area contributed by atoms with Crippen molar-refractivity contribution in [2.75, 3.05) is 23.7 Å². The molecule has 0 saturated heterocycles. The number of anilines is 1. The van der Waals surface area contributed by atoms with Gasteiger partial charge in [0.25, 0.3) is 0 Å². The highest BCUT2D eigenvalue weighted by molar-refractivity contribution is 9.10. The van der Waals surface area contributed by atoms with E-state index in [0.29, 0.717) is 16.7 Å². The van der Waals surface area contributed by atoms with Gasteiger partial charge in [-0.15, -0.1) is 0 Å². The van der Waals surface area contributed by atoms with E-state index in [0.717, 1.165) is 24.7 Å². The monoisotopic (exact) mass is 390 g/mol. The van der Waals surface area contributed by atoms with E-state index in [1.807, 2.05) is 26.0 Å². The molecule has 0 atom stereocenters. The van der Waals surface area contributed by atoms with Gasteiger partial charge in [-0.25, -0.2) is 8.42 Å². The Balaban J connectivity index is 2.81. The number of nitrogens with zero attached hydrogens (tertiary/aromatic N) is 1. The first-order chi connectivity index (χ1) is 10.3. The topological polar surface area (TPSA) is 66.5 Å². The van der Waals surface area contributed by atoms with Gasteiger partial charge in [0.1, 0.15) is 0 Å². The molecule has 0 unspecified atom stereocenters. The first-order valence-corrected chi connectivity index (χ1v) is 9.90. The van der Waals surface area contributed by atoms with Crippen LogP contribution in [-0.2, 0) is 14.8 Å². The van der Waals surface area contributed by atoms with Crippen molar-refractivity contribution in [2.24, 2.45) is 0 Å². The Morgan fingerprint density at radius 1 is 1.36 bits per heavy atom. The first-order valence-electron chi connectivity index (χ1n) is 7.26. The molecule has 22 heavy (non-hydrogen) atoms. The maximum Gasteiger partial charge on any atom is 0.232 e. The second kappa shape index (κ2) is 8.53. The minimum Gasteiger partial charge on any atom is -0.356 e. The molecule has 0 bridgehead atoms. The smallest absolute Gasteiger partial charge is 0.232 e. The summed E-state index contributed by atoms with van der Waals surface area (Å²) in [7, 11) is -3.45. The van der Waals surface area contributed by atoms with E-state index in [2.05, 4.69) is 21.2 Å². The van der Waals surface area contributed by atoms with Crippen molar-refractivity contribution in [3.05, 3.63) is 28.2 Å². The van der Waals surface area contributed by atoms with Crippen LogP contribution in [0.1, 0.15) is 31.7 Å². The third kappa shape index (κ3) is 5.96. The molecular formula is C15H23BrN2O3S. The van der Waals surface area contributed by atoms with Crippen LogP contribution in [0.2, 0.25) is 0 Å². The number of benzene rings is 1. The Hall–Kier alpha value is -1.08. The minimum absolute atomic E-state index is 0.123. The zero-order valence-corrected chi connectivity index (χ0v) is 15.6. The highest BCUT2D eigenvalue weighted by Gasteiger charge is 2.20. The normalized spacial score (nSPS) is 11.3. The Kier molecular flexibility index (Phi) is 7.35. The highest BCUT2D eigenvalue weighted by atomic mass is 79.9. The number of carbonyl (C=O) groups excluding carboxylic acids is 1. The van der Waals surface area contributed by atoms with Crippen LogP contribution in [-0.4, -0.2) is 33.7 Å². The molecule has 0 fully saturated rings. The summed E-state index contributed by atoms with van der Waals surface area (Å²) in [6.07, 6.45) is 3.21. The molecule has 0 aliphatic heterocycles. The first kappa shape index (κ1) is 19.0. The average Bonchev–Trinajstić information content (AvgIpc) is 2.40. The van der Waals surface area contributed by atoms with Gasteiger partial charge in [0.2, 0.25) is 15.9 Å². The van der Waals surface area contributed by atoms with Gasteiger partial charge < -0.3 is 5.32 Å². The third-order valence-electron chi connectivity index (χ3n) is 3.17. The zero-order valence-electron chi connectivity index (χ0n) is 13.2. The van der Waals surface area contributed by atoms with Crippen molar-refractivity contribution in [1.29, 1.82) is 0 Å². The summed E-state index contributed by atoms with van der Waals surface area (Å²) >= 11 is 3.39. The van der Waals surface area contributed by atoms with Gasteiger partial charge in [-0.2, -0.15) is 0 Å². The molecule has 0 aliphatic carbocycles. The van der Waals surface area contributed by atoms with E-state index in [-0.39, 0.29) is 18.9 Å². The Morgan fingerprint density at radius 3 is 2.59 bits per heavy atom. The summed E-state index contributed by atoms with van der Waals surface area (Å²) in [6, 6.07) is 5.45. The van der Waals surface area contributed by atoms with Gasteiger partial charge in [0.05, 0.1) is 11.9 Å². The molecule has 7 heteroatoms. The summed E-state index contributed by atoms with van der Waals surface area (Å²) in [5.74, 6) is -0.134. The number of carbonyl (C=O) groups is 1. The number of halogens is 1. The highest BCUT2D eigenvalue weighted by Crippen LogP contribution is 2.29. The molecule has 0 radical (unpaired) electrons. The van der Waals surface area contributed by atoms with Crippen LogP contribution < -0.4 is 9.62 Å². The molecule has 1 aromatic carbocycles. The fourth-order valence-corrected chi connectivity index (χ4v) is 3.74. The van der Waals surface area contributed by atoms with Crippen LogP contribution in [0.15, 0.2) is 22.7 Å². The SMILES string of the molecule is CCCCNC(=O)CCN(c1ccc(C)cc1Br)S(C)(=O)=O. The van der Waals surface area contributed by atoms with Crippen molar-refractivity contribution in [3.63, 3.8) is 0 Å². The maximum atomic E-state index is 12.0. The van der Waals surface area contributed by atoms with Crippen LogP contribution in [0.25, 0.3) is 0 Å². The van der Waals surface area contributed by atoms with E-state index in [1.165, 1.54) is 4.31 Å². The summed E-state index contributed by atoms with van der Waals surface area (Å²) < 4.78 is 26.0. The van der Waals surface area contributed by atoms with Crippen molar-refractivity contribution in [1.82, 2.24) is 5.32 Å². The lowest BCUT2D eigenvalue weighted by Gasteiger charge is -2.23. The van der Waals surface area contributed by atoms with E-state index in [1.54, 1.807) is 6.07 Å². The van der Waals surface area contributed by atoms with E-state index in [4.69, 9.17) is 0 Å². The second-order valence-corrected chi connectivity index (χ2v) is 8.00. The molecule has 1 rings (SSSR count). The van der Waals surface area contributed by atoms with Crippen LogP contribution in [0.3, 0.4) is 0 Å². The standard InChI is InChI=1S/C15H23BrN2O3S/c1-4-5-9-17-15(19)8-10-18(22(3,20)21)14-7-6-12(2)11-13(14)16/h6-7,11H,4-5,8-10H2,1-3H3,(H,17,19). The molecule has 124 valence electrons. The predicted octanol–water partition coefficient (Wildman–Crippen LogP) is 2.83. The largest absolute Gasteiger partial charge is 0.356 e. The average molecular weight is 391 g/mol. The van der Waals surface area contributed by atoms with E-state index >= 15 is 0 Å². The minimum atomic E-state index is -3.45. The van der Waals surface area contributed by atoms with Crippen molar-refractivity contribution in [2.45, 2.75) is 33.1 Å². The van der Waals surface area contributed by atoms with Crippen molar-refractivity contribution < 1.29 is 13.2 Å². The molecule has 0 aliphatic rings. The summed E-state index contributed by atoms with van der Waals surface area (Å²) in [5, 5.41) is 2.79. The molecule has 5 nitrogen and oxygen atoms in total. The lowest BCUT2D eigenvalue weighted by molar-refractivity contribution is -0.120. The number of hydrogen-bond acceptors (Lipinski definition) is 3. The van der Waals surface area contributed by atoms with E-state index in [9.17, 15) is 13.2 Å². The third-order valence-corrected chi connectivity index (χ3v) is 4.98. The van der Waals surface area contributed by atoms with Crippen LogP contribution in [0.5, 0.6) is 0 Å². The molecule has 0 spiro atoms. The van der Waals surface area contributed by atoms with Gasteiger partial charge in [0.15, 0.2) is 0 Å². The summed E-state index contributed by atoms with van der Waals surface area (Å²) in [6.45, 7) is 4.73. The lowest BCUT2D eigenvalue weighted by Crippen LogP contribution is -2.35. The molecule has 1 amide bonds. The number of aryl methyl sites for hydroxylation is 1. The van der Waals surface area contributed by atoms with Gasteiger partial charge >= 0.3 is 0 Å². The number of sulfonamides is 1. The number of unbranched alkanes of at least 4 members (excludes halogenated alkanes) is 1. The lowest BCUT2D eigenvalue weighted by atomic mass is 10.2. The molecule has 0 heterocycles. The number of amides is 1. The van der Waals surface area contributed by atoms with Crippen molar-refractivity contribution in [3.8, 4) is 0 Å². The number of rotatable bonds is 8. The molecule has 0 aromatic heterocycles. The van der Waals surface area contributed by atoms with Crippen LogP contribution in [0, 0.1) is 6.92 Å². The zero-order chi connectivity index (χ0) is 16.8. The Bertz CT molecular complexity index is 617. The van der Waals surface area contributed by atoms with Gasteiger partial charge in [0, 0.05) is 24.0 Å². The van der Waals surface area contributed by atoms with Crippen LogP contribution in [0.4, 0.5) is 5.69 Å². The van der Waals surface area contributed by atoms with Gasteiger partial charge in [-0.1, -0.05) is 19.4 Å². The fourth-order valence-electron chi connectivity index (χ4n) is 1.98. The predicted molar refractivity (Wildman–Crippen MR) is 93.6 cm³/mol. The van der Waals surface area contributed by atoms with Gasteiger partial charge in [-0.05, 0) is 47.0 Å². The van der Waals surface area contributed by atoms with Gasteiger partial charge in [-0.3, -0.25) is 9.10 Å².